The van der Waals surface area contributed by atoms with E-state index in [1.165, 1.54) is 18.9 Å². The van der Waals surface area contributed by atoms with Crippen LogP contribution in [-0.4, -0.2) is 67.6 Å². The number of halogens is 1. The first-order valence-electron chi connectivity index (χ1n) is 9.56. The largest absolute Gasteiger partial charge is 0.462 e. The average Bonchev–Trinajstić information content (AvgIpc) is 2.72. The Bertz CT molecular complexity index is 1020. The van der Waals surface area contributed by atoms with E-state index in [4.69, 9.17) is 21.1 Å². The molecule has 0 bridgehead atoms. The third-order valence-electron chi connectivity index (χ3n) is 4.90. The normalized spacial score (nSPS) is 14.3. The highest BCUT2D eigenvalue weighted by Crippen LogP contribution is 2.32. The Labute approximate surface area is 183 Å². The van der Waals surface area contributed by atoms with E-state index in [0.29, 0.717) is 47.1 Å². The summed E-state index contributed by atoms with van der Waals surface area (Å²) in [5.74, 6) is -0.365. The molecule has 30 heavy (non-hydrogen) atoms. The summed E-state index contributed by atoms with van der Waals surface area (Å²) in [6.07, 6.45) is 0. The number of hydrogen-bond acceptors (Lipinski definition) is 7. The number of hydrogen-bond donors (Lipinski definition) is 1. The lowest BCUT2D eigenvalue weighted by Crippen LogP contribution is -2.48. The summed E-state index contributed by atoms with van der Waals surface area (Å²) in [6, 6.07) is 3.39. The van der Waals surface area contributed by atoms with Gasteiger partial charge in [-0.2, -0.15) is 0 Å². The maximum atomic E-state index is 13.1. The number of carbonyl (C=O) groups excluding carboxylic acids is 2. The van der Waals surface area contributed by atoms with Crippen LogP contribution in [0.5, 0.6) is 0 Å². The Morgan fingerprint density at radius 3 is 2.53 bits per heavy atom. The molecule has 162 valence electrons. The Morgan fingerprint density at radius 2 is 1.93 bits per heavy atom. The summed E-state index contributed by atoms with van der Waals surface area (Å²) in [4.78, 5) is 44.1. The Balaban J connectivity index is 2.05. The number of nitrogens with one attached hydrogen (secondary N) is 1. The van der Waals surface area contributed by atoms with Crippen LogP contribution >= 0.6 is 23.4 Å². The van der Waals surface area contributed by atoms with E-state index in [-0.39, 0.29) is 24.0 Å². The van der Waals surface area contributed by atoms with Crippen LogP contribution in [0.2, 0.25) is 5.02 Å². The third kappa shape index (κ3) is 4.58. The molecule has 1 N–H and O–H groups in total. The van der Waals surface area contributed by atoms with Gasteiger partial charge < -0.3 is 24.3 Å². The van der Waals surface area contributed by atoms with Crippen LogP contribution < -0.4 is 10.3 Å². The number of nitrogens with zero attached hydrogens (tertiary/aromatic N) is 2. The minimum Gasteiger partial charge on any atom is -0.462 e. The SMILES string of the molecule is CCOC(=O)c1c(SCOC)[nH]c2cc(N3CCN(C(C)=O)CC3)c(Cl)cc2c1=O. The van der Waals surface area contributed by atoms with Crippen molar-refractivity contribution in [3.63, 3.8) is 0 Å². The van der Waals surface area contributed by atoms with Crippen molar-refractivity contribution < 1.29 is 19.1 Å². The van der Waals surface area contributed by atoms with E-state index < -0.39 is 11.4 Å². The second-order valence-corrected chi connectivity index (χ2v) is 8.11. The van der Waals surface area contributed by atoms with Gasteiger partial charge in [-0.15, -0.1) is 0 Å². The molecule has 1 saturated heterocycles. The maximum Gasteiger partial charge on any atom is 0.344 e. The second-order valence-electron chi connectivity index (χ2n) is 6.77. The van der Waals surface area contributed by atoms with Crippen molar-refractivity contribution in [2.45, 2.75) is 18.9 Å². The van der Waals surface area contributed by atoms with E-state index >= 15 is 0 Å². The lowest BCUT2D eigenvalue weighted by Gasteiger charge is -2.36. The molecule has 0 aliphatic carbocycles. The molecule has 8 nitrogen and oxygen atoms in total. The summed E-state index contributed by atoms with van der Waals surface area (Å²) in [5, 5.41) is 1.12. The van der Waals surface area contributed by atoms with Crippen molar-refractivity contribution in [1.29, 1.82) is 0 Å². The fourth-order valence-corrected chi connectivity index (χ4v) is 4.42. The van der Waals surface area contributed by atoms with Crippen molar-refractivity contribution in [3.05, 3.63) is 32.9 Å². The quantitative estimate of drug-likeness (QED) is 0.408. The Morgan fingerprint density at radius 1 is 1.23 bits per heavy atom. The number of thioether (sulfide) groups is 1. The number of piperazine rings is 1. The van der Waals surface area contributed by atoms with Gasteiger partial charge in [0.05, 0.1) is 33.8 Å². The number of rotatable bonds is 6. The molecule has 0 radical (unpaired) electrons. The number of aromatic nitrogens is 1. The number of fused-ring (bicyclic) bond motifs is 1. The predicted molar refractivity (Wildman–Crippen MR) is 118 cm³/mol. The average molecular weight is 454 g/mol. The fraction of sp³-hybridized carbons (Fsp3) is 0.450. The van der Waals surface area contributed by atoms with Crippen LogP contribution in [0.3, 0.4) is 0 Å². The van der Waals surface area contributed by atoms with Gasteiger partial charge >= 0.3 is 5.97 Å². The van der Waals surface area contributed by atoms with Gasteiger partial charge in [0, 0.05) is 45.6 Å². The summed E-state index contributed by atoms with van der Waals surface area (Å²) in [7, 11) is 1.54. The molecule has 1 aliphatic heterocycles. The summed E-state index contributed by atoms with van der Waals surface area (Å²) < 4.78 is 10.2. The minimum atomic E-state index is -0.681. The molecule has 0 unspecified atom stereocenters. The molecule has 10 heteroatoms. The second kappa shape index (κ2) is 9.72. The lowest BCUT2D eigenvalue weighted by atomic mass is 10.1. The zero-order valence-corrected chi connectivity index (χ0v) is 18.7. The van der Waals surface area contributed by atoms with Gasteiger partial charge in [-0.25, -0.2) is 4.79 Å². The topological polar surface area (TPSA) is 91.9 Å². The maximum absolute atomic E-state index is 13.1. The van der Waals surface area contributed by atoms with Crippen molar-refractivity contribution in [2.24, 2.45) is 0 Å². The van der Waals surface area contributed by atoms with Gasteiger partial charge in [-0.3, -0.25) is 9.59 Å². The number of H-pyrrole nitrogens is 1. The molecule has 1 amide bonds. The molecule has 3 rings (SSSR count). The highest BCUT2D eigenvalue weighted by molar-refractivity contribution is 7.99. The first kappa shape index (κ1) is 22.5. The van der Waals surface area contributed by atoms with Crippen molar-refractivity contribution >= 4 is 51.8 Å². The van der Waals surface area contributed by atoms with E-state index in [1.54, 1.807) is 24.8 Å². The van der Waals surface area contributed by atoms with Gasteiger partial charge in [0.2, 0.25) is 11.3 Å². The molecular weight excluding hydrogens is 430 g/mol. The number of anilines is 1. The highest BCUT2D eigenvalue weighted by atomic mass is 35.5. The lowest BCUT2D eigenvalue weighted by molar-refractivity contribution is -0.129. The number of aromatic amines is 1. The number of pyridine rings is 1. The molecule has 2 heterocycles. The Hall–Kier alpha value is -2.23. The number of carbonyl (C=O) groups is 2. The molecule has 0 spiro atoms. The molecule has 1 aromatic carbocycles. The smallest absolute Gasteiger partial charge is 0.344 e. The number of ether oxygens (including phenoxy) is 2. The van der Waals surface area contributed by atoms with Crippen molar-refractivity contribution in [1.82, 2.24) is 9.88 Å². The van der Waals surface area contributed by atoms with Gasteiger partial charge in [0.25, 0.3) is 0 Å². The number of methoxy groups -OCH3 is 1. The van der Waals surface area contributed by atoms with Gasteiger partial charge in [0.15, 0.2) is 0 Å². The van der Waals surface area contributed by atoms with Crippen LogP contribution in [0.15, 0.2) is 22.0 Å². The van der Waals surface area contributed by atoms with E-state index in [9.17, 15) is 14.4 Å². The van der Waals surface area contributed by atoms with Gasteiger partial charge in [-0.1, -0.05) is 23.4 Å². The first-order valence-corrected chi connectivity index (χ1v) is 10.9. The number of esters is 1. The van der Waals surface area contributed by atoms with Crippen LogP contribution in [0.4, 0.5) is 5.69 Å². The summed E-state index contributed by atoms with van der Waals surface area (Å²) in [5.41, 5.74) is 0.857. The summed E-state index contributed by atoms with van der Waals surface area (Å²) in [6.45, 7) is 5.90. The zero-order chi connectivity index (χ0) is 21.8. The fourth-order valence-electron chi connectivity index (χ4n) is 3.40. The van der Waals surface area contributed by atoms with E-state index in [0.717, 1.165) is 5.69 Å². The summed E-state index contributed by atoms with van der Waals surface area (Å²) >= 11 is 7.72. The van der Waals surface area contributed by atoms with Gasteiger partial charge in [0.1, 0.15) is 5.56 Å². The van der Waals surface area contributed by atoms with Crippen LogP contribution in [0.25, 0.3) is 10.9 Å². The zero-order valence-electron chi connectivity index (χ0n) is 17.1. The molecular formula is C20H24ClN3O5S. The van der Waals surface area contributed by atoms with Crippen molar-refractivity contribution in [2.75, 3.05) is 50.7 Å². The monoisotopic (exact) mass is 453 g/mol. The number of benzene rings is 1. The van der Waals surface area contributed by atoms with Crippen LogP contribution in [-0.2, 0) is 14.3 Å². The molecule has 0 saturated carbocycles. The van der Waals surface area contributed by atoms with Crippen LogP contribution in [0, 0.1) is 0 Å². The highest BCUT2D eigenvalue weighted by Gasteiger charge is 2.24. The van der Waals surface area contributed by atoms with Gasteiger partial charge in [-0.05, 0) is 19.1 Å². The predicted octanol–water partition coefficient (Wildman–Crippen LogP) is 2.72. The molecule has 1 aromatic heterocycles. The standard InChI is InChI=1S/C20H24ClN3O5S/c1-4-29-20(27)17-18(26)13-9-14(21)16(10-15(13)22-19(17)30-11-28-3)24-7-5-23(6-8-24)12(2)25/h9-10H,4-8,11H2,1-3H3,(H,22,26). The Kier molecular flexibility index (Phi) is 7.27. The van der Waals surface area contributed by atoms with Crippen LogP contribution in [0.1, 0.15) is 24.2 Å². The molecule has 2 aromatic rings. The van der Waals surface area contributed by atoms with Crippen molar-refractivity contribution in [3.8, 4) is 0 Å². The molecule has 1 aliphatic rings. The minimum absolute atomic E-state index is 0.0507. The number of amides is 1. The molecule has 0 atom stereocenters. The molecule has 1 fully saturated rings. The third-order valence-corrected chi connectivity index (χ3v) is 6.15. The van der Waals surface area contributed by atoms with E-state index in [1.807, 2.05) is 6.07 Å². The van der Waals surface area contributed by atoms with E-state index in [2.05, 4.69) is 9.88 Å². The first-order chi connectivity index (χ1) is 14.4.